The molecule has 1 unspecified atom stereocenters. The van der Waals surface area contributed by atoms with Crippen molar-refractivity contribution in [3.8, 4) is 0 Å². The largest absolute Gasteiger partial charge is 0.491 e. The molecule has 1 amide bonds. The highest BCUT2D eigenvalue weighted by Gasteiger charge is 2.66. The van der Waals surface area contributed by atoms with Gasteiger partial charge in [0.25, 0.3) is 0 Å². The smallest absolute Gasteiger partial charge is 0.385 e. The second-order valence-electron chi connectivity index (χ2n) is 10.2. The predicted molar refractivity (Wildman–Crippen MR) is 128 cm³/mol. The summed E-state index contributed by atoms with van der Waals surface area (Å²) in [7, 11) is 0. The monoisotopic (exact) mass is 542 g/mol. The normalized spacial score (nSPS) is 25.6. The third kappa shape index (κ3) is 4.60. The van der Waals surface area contributed by atoms with Crippen LogP contribution in [0.1, 0.15) is 44.2 Å². The van der Waals surface area contributed by atoms with Crippen molar-refractivity contribution in [1.29, 1.82) is 0 Å². The Bertz CT molecular complexity index is 1240. The Kier molecular flexibility index (Phi) is 6.64. The molecule has 0 aliphatic carbocycles. The molecule has 6 nitrogen and oxygen atoms in total. The van der Waals surface area contributed by atoms with Crippen LogP contribution in [0.5, 0.6) is 0 Å². The quantitative estimate of drug-likeness (QED) is 0.402. The molecule has 1 fully saturated rings. The summed E-state index contributed by atoms with van der Waals surface area (Å²) < 4.78 is 43.0. The number of alkyl halides is 3. The van der Waals surface area contributed by atoms with Crippen molar-refractivity contribution in [1.82, 2.24) is 5.32 Å². The van der Waals surface area contributed by atoms with Gasteiger partial charge in [-0.1, -0.05) is 62.2 Å². The molecule has 0 saturated carbocycles. The first kappa shape index (κ1) is 26.4. The van der Waals surface area contributed by atoms with E-state index in [0.717, 1.165) is 0 Å². The van der Waals surface area contributed by atoms with E-state index >= 15 is 0 Å². The Balaban J connectivity index is 1.94. The highest BCUT2D eigenvalue weighted by atomic mass is 35.5. The summed E-state index contributed by atoms with van der Waals surface area (Å²) in [6.07, 6.45) is -5.01. The molecular weight excluding hydrogens is 520 g/mol. The molecule has 2 N–H and O–H groups in total. The molecule has 2 heterocycles. The van der Waals surface area contributed by atoms with Crippen LogP contribution in [-0.2, 0) is 24.5 Å². The van der Waals surface area contributed by atoms with E-state index in [4.69, 9.17) is 23.2 Å². The van der Waals surface area contributed by atoms with Crippen molar-refractivity contribution in [2.24, 2.45) is 5.41 Å². The van der Waals surface area contributed by atoms with Gasteiger partial charge in [-0.15, -0.1) is 0 Å². The number of ether oxygens (including phenoxy) is 1. The van der Waals surface area contributed by atoms with Crippen molar-refractivity contribution in [3.05, 3.63) is 63.6 Å². The van der Waals surface area contributed by atoms with Gasteiger partial charge >= 0.3 is 18.1 Å². The Labute approximate surface area is 215 Å². The number of rotatable bonds is 3. The Morgan fingerprint density at radius 3 is 2.33 bits per heavy atom. The van der Waals surface area contributed by atoms with Gasteiger partial charge in [-0.05, 0) is 47.2 Å². The van der Waals surface area contributed by atoms with Crippen LogP contribution < -0.4 is 10.6 Å². The van der Waals surface area contributed by atoms with E-state index < -0.39 is 47.4 Å². The maximum atomic E-state index is 13.9. The number of amides is 1. The summed E-state index contributed by atoms with van der Waals surface area (Å²) in [5.74, 6) is -5.58. The zero-order valence-corrected chi connectivity index (χ0v) is 21.0. The molecule has 11 heteroatoms. The molecule has 4 rings (SSSR count). The first-order chi connectivity index (χ1) is 16.6. The molecule has 36 heavy (non-hydrogen) atoms. The number of hydrogen-bond donors (Lipinski definition) is 2. The van der Waals surface area contributed by atoms with E-state index in [1.807, 2.05) is 20.8 Å². The van der Waals surface area contributed by atoms with Crippen LogP contribution in [0.15, 0.2) is 42.5 Å². The number of anilines is 1. The number of nitrogens with one attached hydrogen (secondary N) is 2. The van der Waals surface area contributed by atoms with E-state index in [1.54, 1.807) is 42.5 Å². The van der Waals surface area contributed by atoms with Gasteiger partial charge in [-0.2, -0.15) is 13.2 Å². The summed E-state index contributed by atoms with van der Waals surface area (Å²) in [5, 5.41) is 6.56. The van der Waals surface area contributed by atoms with Crippen molar-refractivity contribution >= 4 is 46.7 Å². The summed E-state index contributed by atoms with van der Waals surface area (Å²) >= 11 is 12.4. The molecule has 2 aromatic carbocycles. The zero-order chi connectivity index (χ0) is 26.6. The summed E-state index contributed by atoms with van der Waals surface area (Å²) in [5.41, 5.74) is -0.421. The predicted octanol–water partition coefficient (Wildman–Crippen LogP) is 5.38. The molecule has 1 spiro atoms. The van der Waals surface area contributed by atoms with Crippen LogP contribution in [0.4, 0.5) is 18.9 Å². The van der Waals surface area contributed by atoms with Crippen LogP contribution in [0, 0.1) is 5.41 Å². The fourth-order valence-electron chi connectivity index (χ4n) is 5.31. The Morgan fingerprint density at radius 1 is 1.06 bits per heavy atom. The lowest BCUT2D eigenvalue weighted by Crippen LogP contribution is -2.49. The van der Waals surface area contributed by atoms with Gasteiger partial charge < -0.3 is 10.1 Å². The number of esters is 2. The lowest BCUT2D eigenvalue weighted by atomic mass is 9.62. The van der Waals surface area contributed by atoms with Crippen molar-refractivity contribution in [2.75, 3.05) is 5.32 Å². The number of benzene rings is 2. The minimum atomic E-state index is -5.36. The first-order valence-electron chi connectivity index (χ1n) is 11.1. The van der Waals surface area contributed by atoms with Gasteiger partial charge in [0.1, 0.15) is 11.5 Å². The van der Waals surface area contributed by atoms with Crippen molar-refractivity contribution < 1.29 is 32.3 Å². The number of halogens is 5. The number of fused-ring (bicyclic) bond motifs is 2. The minimum absolute atomic E-state index is 0.301. The summed E-state index contributed by atoms with van der Waals surface area (Å²) in [6.45, 7) is 5.81. The second-order valence-corrected chi connectivity index (χ2v) is 11.1. The standard InChI is InChI=1S/C25H23Cl2F3N2O4/c1-23(2,3)11-17-24(15-8-7-14(27)10-16(15)31-21(24)34)18(12-5-4-6-13(26)9-12)19(32-17)20(33)36-22(35)25(28,29)30/h4-10,17-19,32H,11H2,1-3H3,(H,31,34)/t17-,18-,19+,24?/m0/s1. The number of hydrogen-bond acceptors (Lipinski definition) is 5. The molecule has 2 aromatic rings. The third-order valence-corrected chi connectivity index (χ3v) is 6.98. The molecule has 1 saturated heterocycles. The van der Waals surface area contributed by atoms with E-state index in [9.17, 15) is 27.6 Å². The number of carbonyl (C=O) groups excluding carboxylic acids is 3. The second kappa shape index (κ2) is 9.04. The fourth-order valence-corrected chi connectivity index (χ4v) is 5.68. The average molecular weight is 543 g/mol. The third-order valence-electron chi connectivity index (χ3n) is 6.51. The van der Waals surface area contributed by atoms with E-state index in [2.05, 4.69) is 15.4 Å². The SMILES string of the molecule is CC(C)(C)C[C@@H]1N[C@@H](C(=O)OC(=O)C(F)(F)F)[C@H](c2cccc(Cl)c2)C12C(=O)Nc1cc(Cl)ccc12. The molecule has 2 aliphatic rings. The van der Waals surface area contributed by atoms with Crippen LogP contribution >= 0.6 is 23.2 Å². The van der Waals surface area contributed by atoms with Crippen LogP contribution in [0.25, 0.3) is 0 Å². The van der Waals surface area contributed by atoms with Crippen LogP contribution in [0.2, 0.25) is 10.0 Å². The molecular formula is C25H23Cl2F3N2O4. The summed E-state index contributed by atoms with van der Waals surface area (Å²) in [6, 6.07) is 9.04. The molecule has 192 valence electrons. The van der Waals surface area contributed by atoms with E-state index in [-0.39, 0.29) is 5.41 Å². The van der Waals surface area contributed by atoms with Crippen LogP contribution in [-0.4, -0.2) is 36.1 Å². The highest BCUT2D eigenvalue weighted by Crippen LogP contribution is 2.56. The fraction of sp³-hybridized carbons (Fsp3) is 0.400. The lowest BCUT2D eigenvalue weighted by molar-refractivity contribution is -0.202. The first-order valence-corrected chi connectivity index (χ1v) is 11.9. The van der Waals surface area contributed by atoms with Gasteiger partial charge in [-0.3, -0.25) is 10.1 Å². The molecule has 2 aliphatic heterocycles. The maximum Gasteiger partial charge on any atom is 0.491 e. The van der Waals surface area contributed by atoms with E-state index in [0.29, 0.717) is 33.3 Å². The minimum Gasteiger partial charge on any atom is -0.385 e. The van der Waals surface area contributed by atoms with Crippen LogP contribution in [0.3, 0.4) is 0 Å². The maximum absolute atomic E-state index is 13.9. The number of carbonyl (C=O) groups is 3. The molecule has 0 aromatic heterocycles. The van der Waals surface area contributed by atoms with Crippen molar-refractivity contribution in [3.63, 3.8) is 0 Å². The topological polar surface area (TPSA) is 84.5 Å². The van der Waals surface area contributed by atoms with Gasteiger partial charge in [0.15, 0.2) is 0 Å². The van der Waals surface area contributed by atoms with Crippen molar-refractivity contribution in [2.45, 2.75) is 56.8 Å². The van der Waals surface area contributed by atoms with Gasteiger partial charge in [0, 0.05) is 27.7 Å². The highest BCUT2D eigenvalue weighted by molar-refractivity contribution is 6.31. The van der Waals surface area contributed by atoms with Gasteiger partial charge in [0.05, 0.1) is 0 Å². The van der Waals surface area contributed by atoms with E-state index in [1.165, 1.54) is 0 Å². The lowest BCUT2D eigenvalue weighted by Gasteiger charge is -2.37. The molecule has 0 radical (unpaired) electrons. The molecule has 4 atom stereocenters. The average Bonchev–Trinajstić information content (AvgIpc) is 3.21. The Hall–Kier alpha value is -2.62. The summed E-state index contributed by atoms with van der Waals surface area (Å²) in [4.78, 5) is 38.5. The van der Waals surface area contributed by atoms with Gasteiger partial charge in [0.2, 0.25) is 5.91 Å². The van der Waals surface area contributed by atoms with Gasteiger partial charge in [-0.25, -0.2) is 9.59 Å². The molecule has 0 bridgehead atoms. The Morgan fingerprint density at radius 2 is 1.72 bits per heavy atom. The zero-order valence-electron chi connectivity index (χ0n) is 19.5.